The highest BCUT2D eigenvalue weighted by molar-refractivity contribution is 5.70. The van der Waals surface area contributed by atoms with Crippen LogP contribution >= 0.6 is 0 Å². The zero-order valence-electron chi connectivity index (χ0n) is 28.5. The van der Waals surface area contributed by atoms with Crippen molar-refractivity contribution >= 4 is 11.9 Å². The average Bonchev–Trinajstić information content (AvgIpc) is 3.06. The first kappa shape index (κ1) is 42.4. The summed E-state index contributed by atoms with van der Waals surface area (Å²) < 4.78 is 21.9. The van der Waals surface area contributed by atoms with Crippen LogP contribution in [-0.4, -0.2) is 89.0 Å². The van der Waals surface area contributed by atoms with Gasteiger partial charge in [-0.3, -0.25) is 9.59 Å². The molecule has 1 heterocycles. The Morgan fingerprint density at radius 2 is 1.30 bits per heavy atom. The molecule has 1 aliphatic rings. The minimum absolute atomic E-state index is 0.176. The smallest absolute Gasteiger partial charge is 0.306 e. The first-order chi connectivity index (χ1) is 22.8. The van der Waals surface area contributed by atoms with Crippen molar-refractivity contribution in [2.45, 2.75) is 141 Å². The van der Waals surface area contributed by atoms with Crippen molar-refractivity contribution in [2.75, 3.05) is 19.8 Å². The van der Waals surface area contributed by atoms with Gasteiger partial charge in [0.1, 0.15) is 31.0 Å². The van der Waals surface area contributed by atoms with E-state index in [2.05, 4.69) is 38.2 Å². The van der Waals surface area contributed by atoms with E-state index in [1.807, 2.05) is 36.5 Å². The molecule has 4 N–H and O–H groups in total. The second kappa shape index (κ2) is 28.4. The second-order valence-corrected chi connectivity index (χ2v) is 11.7. The fourth-order valence-corrected chi connectivity index (χ4v) is 4.67. The summed E-state index contributed by atoms with van der Waals surface area (Å²) in [5, 5.41) is 39.8. The molecule has 0 saturated carbocycles. The molecule has 47 heavy (non-hydrogen) atoms. The number of carbonyl (C=O) groups excluding carboxylic acids is 2. The van der Waals surface area contributed by atoms with Crippen LogP contribution in [0, 0.1) is 0 Å². The maximum absolute atomic E-state index is 12.6. The third kappa shape index (κ3) is 21.1. The van der Waals surface area contributed by atoms with Crippen molar-refractivity contribution in [3.8, 4) is 0 Å². The van der Waals surface area contributed by atoms with Gasteiger partial charge in [-0.25, -0.2) is 0 Å². The number of hydrogen-bond donors (Lipinski definition) is 4. The second-order valence-electron chi connectivity index (χ2n) is 11.7. The third-order valence-corrected chi connectivity index (χ3v) is 7.48. The summed E-state index contributed by atoms with van der Waals surface area (Å²) in [5.74, 6) is -0.905. The lowest BCUT2D eigenvalue weighted by Crippen LogP contribution is -2.59. The molecule has 1 fully saturated rings. The highest BCUT2D eigenvalue weighted by Crippen LogP contribution is 2.22. The molecule has 0 aromatic rings. The highest BCUT2D eigenvalue weighted by atomic mass is 16.7. The summed E-state index contributed by atoms with van der Waals surface area (Å²) >= 11 is 0. The van der Waals surface area contributed by atoms with Gasteiger partial charge in [0.15, 0.2) is 12.4 Å². The topological polar surface area (TPSA) is 152 Å². The quantitative estimate of drug-likeness (QED) is 0.0402. The molecule has 1 rings (SSSR count). The van der Waals surface area contributed by atoms with Gasteiger partial charge in [0.25, 0.3) is 0 Å². The lowest BCUT2D eigenvalue weighted by molar-refractivity contribution is -0.305. The van der Waals surface area contributed by atoms with Crippen molar-refractivity contribution in [1.82, 2.24) is 0 Å². The lowest BCUT2D eigenvalue weighted by atomic mass is 9.99. The maximum atomic E-state index is 12.6. The fraction of sp³-hybridized carbons (Fsp3) is 0.676. The van der Waals surface area contributed by atoms with Crippen LogP contribution in [0.4, 0.5) is 0 Å². The van der Waals surface area contributed by atoms with Crippen LogP contribution in [0.5, 0.6) is 0 Å². The van der Waals surface area contributed by atoms with Crippen LogP contribution in [-0.2, 0) is 28.5 Å². The number of allylic oxidation sites excluding steroid dienone is 10. The molecule has 3 unspecified atom stereocenters. The average molecular weight is 665 g/mol. The van der Waals surface area contributed by atoms with E-state index in [-0.39, 0.29) is 26.1 Å². The van der Waals surface area contributed by atoms with Crippen LogP contribution in [0.2, 0.25) is 0 Å². The SMILES string of the molecule is CC/C=C/C=C/C=C/C=C/CCCCCC(=O)OC(COC(=O)CCC/C=C/CCCCCC)CO[C@@H]1O[C@H](CO)[C@H](O)C(O)C1O. The van der Waals surface area contributed by atoms with Crippen LogP contribution in [0.1, 0.15) is 104 Å². The molecule has 1 aliphatic heterocycles. The number of hydrogen-bond acceptors (Lipinski definition) is 10. The van der Waals surface area contributed by atoms with Crippen LogP contribution in [0.25, 0.3) is 0 Å². The Morgan fingerprint density at radius 3 is 1.98 bits per heavy atom. The van der Waals surface area contributed by atoms with E-state index in [4.69, 9.17) is 18.9 Å². The Labute approximate surface area is 281 Å². The predicted octanol–water partition coefficient (Wildman–Crippen LogP) is 5.54. The van der Waals surface area contributed by atoms with Crippen molar-refractivity contribution in [3.05, 3.63) is 60.8 Å². The summed E-state index contributed by atoms with van der Waals surface area (Å²) in [5.41, 5.74) is 0. The summed E-state index contributed by atoms with van der Waals surface area (Å²) in [6.07, 6.45) is 24.0. The number of unbranched alkanes of at least 4 members (excludes halogenated alkanes) is 8. The van der Waals surface area contributed by atoms with E-state index in [9.17, 15) is 30.0 Å². The van der Waals surface area contributed by atoms with Gasteiger partial charge in [0.2, 0.25) is 0 Å². The molecular weight excluding hydrogens is 604 g/mol. The number of esters is 2. The maximum Gasteiger partial charge on any atom is 0.306 e. The normalized spacial score (nSPS) is 22.7. The van der Waals surface area contributed by atoms with E-state index in [1.165, 1.54) is 25.7 Å². The molecule has 0 bridgehead atoms. The Morgan fingerprint density at radius 1 is 0.681 bits per heavy atom. The van der Waals surface area contributed by atoms with E-state index in [0.29, 0.717) is 12.8 Å². The molecule has 10 nitrogen and oxygen atoms in total. The first-order valence-corrected chi connectivity index (χ1v) is 17.4. The Bertz CT molecular complexity index is 955. The molecule has 268 valence electrons. The molecule has 0 amide bonds. The first-order valence-electron chi connectivity index (χ1n) is 17.4. The molecule has 6 atom stereocenters. The van der Waals surface area contributed by atoms with Gasteiger partial charge in [-0.2, -0.15) is 0 Å². The molecule has 1 saturated heterocycles. The number of ether oxygens (including phenoxy) is 4. The van der Waals surface area contributed by atoms with Crippen molar-refractivity contribution in [1.29, 1.82) is 0 Å². The van der Waals surface area contributed by atoms with Crippen LogP contribution in [0.3, 0.4) is 0 Å². The lowest BCUT2D eigenvalue weighted by Gasteiger charge is -2.39. The monoisotopic (exact) mass is 664 g/mol. The van der Waals surface area contributed by atoms with Gasteiger partial charge in [0, 0.05) is 12.8 Å². The fourth-order valence-electron chi connectivity index (χ4n) is 4.67. The van der Waals surface area contributed by atoms with Gasteiger partial charge in [0.05, 0.1) is 13.2 Å². The zero-order valence-corrected chi connectivity index (χ0v) is 28.5. The molecule has 0 aromatic carbocycles. The van der Waals surface area contributed by atoms with E-state index < -0.39 is 55.4 Å². The standard InChI is InChI=1S/C37H60O10/c1-3-5-7-9-11-13-14-15-16-18-20-22-24-26-33(40)46-30(29-45-37-36(43)35(42)34(41)31(27-38)47-37)28-44-32(39)25-23-21-19-17-12-10-8-6-4-2/h5,7,9,11,13-17,19,30-31,34-38,41-43H,3-4,6,8,10,12,18,20-29H2,1-2H3/b7-5+,11-9+,14-13+,16-15+,19-17+/t30?,31-,34+,35?,36?,37-/m1/s1. The van der Waals surface area contributed by atoms with Gasteiger partial charge in [-0.1, -0.05) is 100 Å². The van der Waals surface area contributed by atoms with E-state index >= 15 is 0 Å². The van der Waals surface area contributed by atoms with Crippen molar-refractivity contribution in [3.63, 3.8) is 0 Å². The van der Waals surface area contributed by atoms with E-state index in [1.54, 1.807) is 0 Å². The minimum atomic E-state index is -1.61. The van der Waals surface area contributed by atoms with Crippen molar-refractivity contribution in [2.24, 2.45) is 0 Å². The number of aliphatic hydroxyl groups is 4. The summed E-state index contributed by atoms with van der Waals surface area (Å²) in [4.78, 5) is 25.0. The summed E-state index contributed by atoms with van der Waals surface area (Å²) in [6, 6.07) is 0. The van der Waals surface area contributed by atoms with Gasteiger partial charge in [-0.05, 0) is 51.4 Å². The summed E-state index contributed by atoms with van der Waals surface area (Å²) in [7, 11) is 0. The Balaban J connectivity index is 2.51. The molecule has 0 aromatic heterocycles. The molecular formula is C37H60O10. The predicted molar refractivity (Wildman–Crippen MR) is 182 cm³/mol. The third-order valence-electron chi connectivity index (χ3n) is 7.48. The Kier molecular flexibility index (Phi) is 25.6. The molecule has 10 heteroatoms. The van der Waals surface area contributed by atoms with Gasteiger partial charge in [-0.15, -0.1) is 0 Å². The summed E-state index contributed by atoms with van der Waals surface area (Å²) in [6.45, 7) is 3.12. The molecule has 0 spiro atoms. The van der Waals surface area contributed by atoms with Gasteiger partial charge >= 0.3 is 11.9 Å². The number of rotatable bonds is 26. The minimum Gasteiger partial charge on any atom is -0.462 e. The van der Waals surface area contributed by atoms with Crippen LogP contribution < -0.4 is 0 Å². The molecule has 0 aliphatic carbocycles. The zero-order chi connectivity index (χ0) is 34.5. The van der Waals surface area contributed by atoms with Gasteiger partial charge < -0.3 is 39.4 Å². The highest BCUT2D eigenvalue weighted by Gasteiger charge is 2.44. The van der Waals surface area contributed by atoms with Crippen molar-refractivity contribution < 1.29 is 49.0 Å². The number of carbonyl (C=O) groups is 2. The number of aliphatic hydroxyl groups excluding tert-OH is 4. The van der Waals surface area contributed by atoms with Crippen LogP contribution in [0.15, 0.2) is 60.8 Å². The Hall–Kier alpha value is -2.60. The largest absolute Gasteiger partial charge is 0.462 e. The molecule has 0 radical (unpaired) electrons. The van der Waals surface area contributed by atoms with E-state index in [0.717, 1.165) is 38.5 Å².